The first-order valence-electron chi connectivity index (χ1n) is 23.0. The van der Waals surface area contributed by atoms with E-state index in [1.807, 2.05) is 51.3 Å². The molecular weight excluding hydrogens is 932 g/mol. The Bertz CT molecular complexity index is 2470. The van der Waals surface area contributed by atoms with Gasteiger partial charge in [-0.25, -0.2) is 24.3 Å². The third kappa shape index (κ3) is 17.7. The summed E-state index contributed by atoms with van der Waals surface area (Å²) in [4.78, 5) is 73.9. The predicted octanol–water partition coefficient (Wildman–Crippen LogP) is 4.76. The van der Waals surface area contributed by atoms with Crippen LogP contribution in [0.1, 0.15) is 39.1 Å². The number of carbonyl (C=O) groups is 4. The number of hydrogen-bond donors (Lipinski definition) is 5. The summed E-state index contributed by atoms with van der Waals surface area (Å²) in [7, 11) is 10.5. The van der Waals surface area contributed by atoms with Crippen LogP contribution in [0.4, 0.5) is 38.8 Å². The van der Waals surface area contributed by atoms with Crippen LogP contribution in [0.5, 0.6) is 5.75 Å². The van der Waals surface area contributed by atoms with Gasteiger partial charge in [-0.2, -0.15) is 0 Å². The number of anilines is 6. The van der Waals surface area contributed by atoms with Crippen molar-refractivity contribution in [2.24, 2.45) is 0 Å². The number of hydrogen-bond acceptors (Lipinski definition) is 18. The Morgan fingerprint density at radius 3 is 2.04 bits per heavy atom. The Morgan fingerprint density at radius 1 is 0.778 bits per heavy atom. The Hall–Kier alpha value is -7.50. The first-order valence-corrected chi connectivity index (χ1v) is 23.0. The third-order valence-electron chi connectivity index (χ3n) is 10.2. The minimum atomic E-state index is -0.593. The number of nitrogens with zero attached hydrogens (tertiary/aromatic N) is 7. The molecule has 21 nitrogen and oxygen atoms in total. The van der Waals surface area contributed by atoms with Gasteiger partial charge in [0.15, 0.2) is 17.4 Å². The lowest BCUT2D eigenvalue weighted by Gasteiger charge is -2.30. The summed E-state index contributed by atoms with van der Waals surface area (Å²) in [5.74, 6) is -0.105. The summed E-state index contributed by atoms with van der Waals surface area (Å²) in [5.41, 5.74) is 4.19. The van der Waals surface area contributed by atoms with Crippen molar-refractivity contribution in [1.82, 2.24) is 40.9 Å². The van der Waals surface area contributed by atoms with Gasteiger partial charge in [0.05, 0.1) is 118 Å². The molecule has 4 heterocycles. The van der Waals surface area contributed by atoms with E-state index in [9.17, 15) is 23.6 Å². The van der Waals surface area contributed by atoms with Crippen LogP contribution in [0.25, 0.3) is 11.4 Å². The molecule has 5 aromatic rings. The van der Waals surface area contributed by atoms with Crippen molar-refractivity contribution in [1.29, 1.82) is 0 Å². The van der Waals surface area contributed by atoms with E-state index in [2.05, 4.69) is 58.1 Å². The monoisotopic (exact) mass is 996 g/mol. The number of benzene rings is 1. The number of methoxy groups -OCH3 is 1. The number of ether oxygens (including phenoxy) is 5. The summed E-state index contributed by atoms with van der Waals surface area (Å²) in [6.45, 7) is 6.97. The zero-order chi connectivity index (χ0) is 52.1. The standard InChI is InChI=1S/C48H58FN11O9.C2H7N/c1-6-7-10-36(31-61)60(32-62)41-11-8-9-33(44(41)59(3)4)14-16-66-18-20-68-22-23-69-21-19-67-17-15-52-47(63)34-12-13-42(53-25-34)58-43-24-39(37(29-54-43)48(64)50-2)57-40-30-51-28-38(45(40)65-5)46-55-26-35(49)27-56-46;1-3-2/h6,8-9,11-13,24-32,36H,1,7,10,14-23H2,2-5H3,(H,50,64)(H,52,63)(H2,53,54,57,58);3H,1-2H3. The van der Waals surface area contributed by atoms with Gasteiger partial charge < -0.3 is 64.9 Å². The number of para-hydroxylation sites is 1. The first-order chi connectivity index (χ1) is 35.0. The summed E-state index contributed by atoms with van der Waals surface area (Å²) in [6, 6.07) is 9.94. The summed E-state index contributed by atoms with van der Waals surface area (Å²) in [5, 5.41) is 14.4. The van der Waals surface area contributed by atoms with E-state index in [0.29, 0.717) is 117 Å². The molecule has 0 fully saturated rings. The fraction of sp³-hybridized carbons (Fsp3) is 0.380. The lowest BCUT2D eigenvalue weighted by atomic mass is 10.0. The molecule has 1 aromatic carbocycles. The molecule has 72 heavy (non-hydrogen) atoms. The maximum Gasteiger partial charge on any atom is 0.254 e. The maximum absolute atomic E-state index is 13.5. The molecule has 386 valence electrons. The number of rotatable bonds is 31. The largest absolute Gasteiger partial charge is 0.494 e. The average molecular weight is 997 g/mol. The molecular formula is C50H65FN12O9. The Balaban J connectivity index is 0.00000365. The molecule has 5 N–H and O–H groups in total. The Labute approximate surface area is 419 Å². The number of nitrogens with one attached hydrogen (secondary N) is 5. The molecule has 1 atom stereocenters. The highest BCUT2D eigenvalue weighted by atomic mass is 19.1. The van der Waals surface area contributed by atoms with Crippen molar-refractivity contribution < 1.29 is 47.3 Å². The van der Waals surface area contributed by atoms with E-state index < -0.39 is 17.8 Å². The van der Waals surface area contributed by atoms with Crippen molar-refractivity contribution in [3.63, 3.8) is 0 Å². The Morgan fingerprint density at radius 2 is 1.44 bits per heavy atom. The molecule has 0 aliphatic carbocycles. The molecule has 0 aliphatic rings. The molecule has 3 amide bonds. The number of aromatic nitrogens is 5. The van der Waals surface area contributed by atoms with E-state index in [0.717, 1.165) is 29.9 Å². The van der Waals surface area contributed by atoms with Crippen LogP contribution in [0, 0.1) is 5.82 Å². The van der Waals surface area contributed by atoms with Gasteiger partial charge in [-0.05, 0) is 57.1 Å². The lowest BCUT2D eigenvalue weighted by molar-refractivity contribution is -0.113. The van der Waals surface area contributed by atoms with E-state index in [1.54, 1.807) is 24.3 Å². The van der Waals surface area contributed by atoms with Crippen LogP contribution in [-0.4, -0.2) is 157 Å². The summed E-state index contributed by atoms with van der Waals surface area (Å²) < 4.78 is 41.7. The SMILES string of the molecule is C=CCCC(C=O)N(C=O)c1cccc(CCOCCOCCOCCOCCNC(=O)c2ccc(Nc3cc(Nc4cncc(-c5ncc(F)cn5)c4OC)c(C(=O)NC)cn3)nc2)c1N(C)C.CNC. The lowest BCUT2D eigenvalue weighted by Crippen LogP contribution is -2.36. The topological polar surface area (TPSA) is 246 Å². The number of aldehydes is 1. The number of pyridine rings is 3. The van der Waals surface area contributed by atoms with Gasteiger partial charge in [0.1, 0.15) is 23.6 Å². The van der Waals surface area contributed by atoms with Crippen LogP contribution in [0.15, 0.2) is 86.2 Å². The smallest absolute Gasteiger partial charge is 0.254 e. The van der Waals surface area contributed by atoms with E-state index in [-0.39, 0.29) is 30.4 Å². The summed E-state index contributed by atoms with van der Waals surface area (Å²) in [6.07, 6.45) is 12.8. The normalized spacial score (nSPS) is 11.0. The molecule has 0 spiro atoms. The predicted molar refractivity (Wildman–Crippen MR) is 273 cm³/mol. The van der Waals surface area contributed by atoms with Crippen LogP contribution in [0.2, 0.25) is 0 Å². The molecule has 4 aromatic heterocycles. The van der Waals surface area contributed by atoms with Gasteiger partial charge in [-0.1, -0.05) is 18.2 Å². The van der Waals surface area contributed by atoms with Crippen molar-refractivity contribution in [3.8, 4) is 17.1 Å². The van der Waals surface area contributed by atoms with Crippen molar-refractivity contribution >= 4 is 58.9 Å². The number of carbonyl (C=O) groups excluding carboxylic acids is 4. The number of amides is 3. The zero-order valence-corrected chi connectivity index (χ0v) is 41.6. The van der Waals surface area contributed by atoms with Crippen molar-refractivity contribution in [2.45, 2.75) is 25.3 Å². The highest BCUT2D eigenvalue weighted by Crippen LogP contribution is 2.37. The zero-order valence-electron chi connectivity index (χ0n) is 41.6. The van der Waals surface area contributed by atoms with Crippen molar-refractivity contribution in [3.05, 3.63) is 109 Å². The second-order valence-corrected chi connectivity index (χ2v) is 15.6. The molecule has 5 rings (SSSR count). The van der Waals surface area contributed by atoms with Crippen LogP contribution in [0.3, 0.4) is 0 Å². The van der Waals surface area contributed by atoms with E-state index in [4.69, 9.17) is 23.7 Å². The average Bonchev–Trinajstić information content (AvgIpc) is 3.39. The van der Waals surface area contributed by atoms with Gasteiger partial charge in [-0.3, -0.25) is 19.4 Å². The molecule has 1 unspecified atom stereocenters. The van der Waals surface area contributed by atoms with Gasteiger partial charge >= 0.3 is 0 Å². The number of halogens is 1. The van der Waals surface area contributed by atoms with Crippen LogP contribution >= 0.6 is 0 Å². The molecule has 0 radical (unpaired) electrons. The molecule has 0 saturated carbocycles. The third-order valence-corrected chi connectivity index (χ3v) is 10.2. The van der Waals surface area contributed by atoms with E-state index in [1.165, 1.54) is 43.8 Å². The highest BCUT2D eigenvalue weighted by Gasteiger charge is 2.23. The highest BCUT2D eigenvalue weighted by molar-refractivity contribution is 6.01. The van der Waals surface area contributed by atoms with Gasteiger partial charge in [0.25, 0.3) is 11.8 Å². The van der Waals surface area contributed by atoms with Gasteiger partial charge in [0, 0.05) is 52.3 Å². The maximum atomic E-state index is 13.5. The minimum Gasteiger partial charge on any atom is -0.494 e. The molecule has 0 bridgehead atoms. The molecule has 0 aliphatic heterocycles. The van der Waals surface area contributed by atoms with Crippen LogP contribution < -0.4 is 41.1 Å². The Kier molecular flexibility index (Phi) is 25.1. The second kappa shape index (κ2) is 31.7. The second-order valence-electron chi connectivity index (χ2n) is 15.6. The van der Waals surface area contributed by atoms with Gasteiger partial charge in [0.2, 0.25) is 6.41 Å². The summed E-state index contributed by atoms with van der Waals surface area (Å²) >= 11 is 0. The number of allylic oxidation sites excluding steroid dienone is 1. The quantitative estimate of drug-likeness (QED) is 0.0228. The minimum absolute atomic E-state index is 0.190. The fourth-order valence-electron chi connectivity index (χ4n) is 6.85. The van der Waals surface area contributed by atoms with Crippen LogP contribution in [-0.2, 0) is 35.0 Å². The van der Waals surface area contributed by atoms with Gasteiger partial charge in [-0.15, -0.1) is 6.58 Å². The molecule has 22 heteroatoms. The fourth-order valence-corrected chi connectivity index (χ4v) is 6.85. The van der Waals surface area contributed by atoms with Crippen molar-refractivity contribution in [2.75, 3.05) is 122 Å². The molecule has 0 saturated heterocycles. The first kappa shape index (κ1) is 57.1. The van der Waals surface area contributed by atoms with E-state index >= 15 is 0 Å².